The van der Waals surface area contributed by atoms with Gasteiger partial charge in [-0.25, -0.2) is 0 Å². The third-order valence-corrected chi connectivity index (χ3v) is 3.75. The first-order valence-corrected chi connectivity index (χ1v) is 6.89. The van der Waals surface area contributed by atoms with Crippen molar-refractivity contribution >= 4 is 18.3 Å². The van der Waals surface area contributed by atoms with Crippen LogP contribution in [0.1, 0.15) is 12.5 Å². The summed E-state index contributed by atoms with van der Waals surface area (Å²) >= 11 is 0. The van der Waals surface area contributed by atoms with Crippen molar-refractivity contribution in [3.63, 3.8) is 0 Å². The van der Waals surface area contributed by atoms with Crippen LogP contribution in [-0.4, -0.2) is 43.5 Å². The van der Waals surface area contributed by atoms with Crippen molar-refractivity contribution in [3.8, 4) is 0 Å². The summed E-state index contributed by atoms with van der Waals surface area (Å²) in [6.07, 6.45) is 0. The highest BCUT2D eigenvalue weighted by molar-refractivity contribution is 5.85. The quantitative estimate of drug-likeness (QED) is 0.831. The lowest BCUT2D eigenvalue weighted by Gasteiger charge is -2.29. The maximum absolute atomic E-state index is 11.7. The Labute approximate surface area is 127 Å². The first-order chi connectivity index (χ1) is 9.16. The van der Waals surface area contributed by atoms with Gasteiger partial charge < -0.3 is 10.6 Å². The van der Waals surface area contributed by atoms with Crippen LogP contribution in [0.3, 0.4) is 0 Å². The minimum absolute atomic E-state index is 0. The summed E-state index contributed by atoms with van der Waals surface area (Å²) in [6.45, 7) is 5.39. The van der Waals surface area contributed by atoms with E-state index < -0.39 is 0 Å². The molecule has 0 radical (unpaired) electrons. The van der Waals surface area contributed by atoms with Gasteiger partial charge in [-0.3, -0.25) is 9.69 Å². The lowest BCUT2D eigenvalue weighted by atomic mass is 10.0. The molecule has 1 aliphatic rings. The molecule has 1 unspecified atom stereocenters. The highest BCUT2D eigenvalue weighted by Gasteiger charge is 2.24. The second-order valence-electron chi connectivity index (χ2n) is 5.35. The molecule has 112 valence electrons. The first kappa shape index (κ1) is 17.0. The van der Waals surface area contributed by atoms with Gasteiger partial charge >= 0.3 is 0 Å². The molecule has 5 heteroatoms. The van der Waals surface area contributed by atoms with E-state index in [1.807, 2.05) is 6.07 Å². The van der Waals surface area contributed by atoms with Gasteiger partial charge in [0.15, 0.2) is 0 Å². The number of carbonyl (C=O) groups is 1. The molecule has 1 amide bonds. The monoisotopic (exact) mass is 297 g/mol. The molecule has 2 N–H and O–H groups in total. The van der Waals surface area contributed by atoms with E-state index in [-0.39, 0.29) is 24.2 Å². The summed E-state index contributed by atoms with van der Waals surface area (Å²) in [5.41, 5.74) is 1.30. The average Bonchev–Trinajstić information content (AvgIpc) is 2.35. The summed E-state index contributed by atoms with van der Waals surface area (Å²) < 4.78 is 0. The van der Waals surface area contributed by atoms with E-state index >= 15 is 0 Å². The van der Waals surface area contributed by atoms with E-state index in [0.29, 0.717) is 12.6 Å². The molecule has 1 aliphatic heterocycles. The van der Waals surface area contributed by atoms with Crippen molar-refractivity contribution in [2.75, 3.05) is 26.7 Å². The minimum Gasteiger partial charge on any atom is -0.354 e. The van der Waals surface area contributed by atoms with Crippen molar-refractivity contribution in [1.29, 1.82) is 0 Å². The molecule has 1 fully saturated rings. The molecule has 1 aromatic carbocycles. The highest BCUT2D eigenvalue weighted by atomic mass is 35.5. The van der Waals surface area contributed by atoms with E-state index in [2.05, 4.69) is 53.8 Å². The minimum atomic E-state index is 0. The van der Waals surface area contributed by atoms with Crippen LogP contribution in [-0.2, 0) is 11.3 Å². The van der Waals surface area contributed by atoms with Gasteiger partial charge in [-0.05, 0) is 19.5 Å². The van der Waals surface area contributed by atoms with Crippen molar-refractivity contribution in [1.82, 2.24) is 15.5 Å². The van der Waals surface area contributed by atoms with Crippen LogP contribution in [0.4, 0.5) is 0 Å². The normalized spacial score (nSPS) is 16.1. The number of amides is 1. The lowest BCUT2D eigenvalue weighted by molar-refractivity contribution is -0.126. The number of carbonyl (C=O) groups excluding carboxylic acids is 1. The zero-order valence-corrected chi connectivity index (χ0v) is 13.0. The van der Waals surface area contributed by atoms with Gasteiger partial charge in [0.2, 0.25) is 5.91 Å². The topological polar surface area (TPSA) is 44.4 Å². The Morgan fingerprint density at radius 1 is 1.40 bits per heavy atom. The average molecular weight is 298 g/mol. The molecular weight excluding hydrogens is 274 g/mol. The van der Waals surface area contributed by atoms with Crippen LogP contribution in [0, 0.1) is 5.92 Å². The Morgan fingerprint density at radius 3 is 2.60 bits per heavy atom. The van der Waals surface area contributed by atoms with Crippen molar-refractivity contribution in [2.45, 2.75) is 19.5 Å². The summed E-state index contributed by atoms with van der Waals surface area (Å²) in [5, 5.41) is 6.14. The second-order valence-corrected chi connectivity index (χ2v) is 5.35. The van der Waals surface area contributed by atoms with E-state index in [0.717, 1.165) is 19.6 Å². The Kier molecular flexibility index (Phi) is 6.99. The molecular formula is C15H24ClN3O. The molecule has 0 saturated carbocycles. The molecule has 0 aliphatic carbocycles. The van der Waals surface area contributed by atoms with Crippen LogP contribution in [0.2, 0.25) is 0 Å². The Hall–Kier alpha value is -1.10. The standard InChI is InChI=1S/C15H23N3O.ClH/c1-12(8-17-15(19)14-9-16-10-14)18(2)11-13-6-4-3-5-7-13;/h3-7,12,14,16H,8-11H2,1-2H3,(H,17,19);1H. The number of halogens is 1. The molecule has 4 nitrogen and oxygen atoms in total. The predicted octanol–water partition coefficient (Wildman–Crippen LogP) is 1.26. The fourth-order valence-electron chi connectivity index (χ4n) is 2.05. The Balaban J connectivity index is 0.00000200. The number of rotatable bonds is 6. The molecule has 20 heavy (non-hydrogen) atoms. The van der Waals surface area contributed by atoms with Crippen molar-refractivity contribution in [3.05, 3.63) is 35.9 Å². The fraction of sp³-hybridized carbons (Fsp3) is 0.533. The van der Waals surface area contributed by atoms with Crippen molar-refractivity contribution in [2.24, 2.45) is 5.92 Å². The largest absolute Gasteiger partial charge is 0.354 e. The smallest absolute Gasteiger partial charge is 0.225 e. The maximum Gasteiger partial charge on any atom is 0.225 e. The zero-order valence-electron chi connectivity index (χ0n) is 12.1. The Morgan fingerprint density at radius 2 is 2.05 bits per heavy atom. The molecule has 1 saturated heterocycles. The SMILES string of the molecule is CC(CNC(=O)C1CNC1)N(C)Cc1ccccc1.Cl. The Bertz CT molecular complexity index is 409. The second kappa shape index (κ2) is 8.25. The summed E-state index contributed by atoms with van der Waals surface area (Å²) in [6, 6.07) is 10.7. The van der Waals surface area contributed by atoms with Crippen molar-refractivity contribution < 1.29 is 4.79 Å². The van der Waals surface area contributed by atoms with Gasteiger partial charge in [0, 0.05) is 32.2 Å². The van der Waals surface area contributed by atoms with Gasteiger partial charge in [0.25, 0.3) is 0 Å². The van der Waals surface area contributed by atoms with Gasteiger partial charge in [0.05, 0.1) is 5.92 Å². The molecule has 0 aromatic heterocycles. The number of nitrogens with one attached hydrogen (secondary N) is 2. The third-order valence-electron chi connectivity index (χ3n) is 3.75. The van der Waals surface area contributed by atoms with Crippen LogP contribution in [0.15, 0.2) is 30.3 Å². The van der Waals surface area contributed by atoms with E-state index in [4.69, 9.17) is 0 Å². The lowest BCUT2D eigenvalue weighted by Crippen LogP contribution is -2.52. The van der Waals surface area contributed by atoms with Gasteiger partial charge in [-0.2, -0.15) is 0 Å². The van der Waals surface area contributed by atoms with E-state index in [1.165, 1.54) is 5.56 Å². The molecule has 1 aromatic rings. The number of benzene rings is 1. The first-order valence-electron chi connectivity index (χ1n) is 6.89. The summed E-state index contributed by atoms with van der Waals surface area (Å²) in [7, 11) is 2.09. The summed E-state index contributed by atoms with van der Waals surface area (Å²) in [5.74, 6) is 0.352. The van der Waals surface area contributed by atoms with Gasteiger partial charge in [-0.1, -0.05) is 30.3 Å². The van der Waals surface area contributed by atoms with Crippen LogP contribution in [0.5, 0.6) is 0 Å². The number of likely N-dealkylation sites (N-methyl/N-ethyl adjacent to an activating group) is 1. The van der Waals surface area contributed by atoms with E-state index in [1.54, 1.807) is 0 Å². The number of hydrogen-bond acceptors (Lipinski definition) is 3. The third kappa shape index (κ3) is 4.78. The van der Waals surface area contributed by atoms with Gasteiger partial charge in [-0.15, -0.1) is 12.4 Å². The molecule has 0 spiro atoms. The summed E-state index contributed by atoms with van der Waals surface area (Å²) in [4.78, 5) is 14.0. The molecule has 2 rings (SSSR count). The molecule has 0 bridgehead atoms. The van der Waals surface area contributed by atoms with Crippen LogP contribution < -0.4 is 10.6 Å². The zero-order chi connectivity index (χ0) is 13.7. The van der Waals surface area contributed by atoms with Crippen LogP contribution in [0.25, 0.3) is 0 Å². The number of nitrogens with zero attached hydrogens (tertiary/aromatic N) is 1. The maximum atomic E-state index is 11.7. The van der Waals surface area contributed by atoms with E-state index in [9.17, 15) is 4.79 Å². The number of hydrogen-bond donors (Lipinski definition) is 2. The van der Waals surface area contributed by atoms with Crippen LogP contribution >= 0.6 is 12.4 Å². The highest BCUT2D eigenvalue weighted by Crippen LogP contribution is 2.06. The molecule has 1 atom stereocenters. The predicted molar refractivity (Wildman–Crippen MR) is 84.0 cm³/mol. The van der Waals surface area contributed by atoms with Gasteiger partial charge in [0.1, 0.15) is 0 Å². The fourth-order valence-corrected chi connectivity index (χ4v) is 2.05. The molecule has 1 heterocycles.